The summed E-state index contributed by atoms with van der Waals surface area (Å²) >= 11 is 0. The molecule has 4 rings (SSSR count). The first-order valence-corrected chi connectivity index (χ1v) is 17.1. The van der Waals surface area contributed by atoms with E-state index < -0.39 is 16.1 Å². The zero-order valence-electron chi connectivity index (χ0n) is 26.3. The summed E-state index contributed by atoms with van der Waals surface area (Å²) in [6.45, 7) is 10.4. The van der Waals surface area contributed by atoms with Crippen LogP contribution in [0.25, 0.3) is 0 Å². The van der Waals surface area contributed by atoms with E-state index in [4.69, 9.17) is 9.47 Å². The molecule has 2 aromatic carbocycles. The van der Waals surface area contributed by atoms with Gasteiger partial charge in [-0.15, -0.1) is 0 Å². The Bertz CT molecular complexity index is 1310. The van der Waals surface area contributed by atoms with Gasteiger partial charge in [-0.05, 0) is 96.2 Å². The molecule has 1 fully saturated rings. The Balaban J connectivity index is 1.65. The van der Waals surface area contributed by atoms with Crippen LogP contribution in [-0.2, 0) is 14.8 Å². The fourth-order valence-electron chi connectivity index (χ4n) is 5.50. The smallest absolute Gasteiger partial charge is 0.261 e. The van der Waals surface area contributed by atoms with Crippen LogP contribution in [0.3, 0.4) is 0 Å². The molecule has 0 spiro atoms. The van der Waals surface area contributed by atoms with Crippen molar-refractivity contribution in [1.82, 2.24) is 9.80 Å². The minimum atomic E-state index is -3.88. The normalized spacial score (nSPS) is 23.3. The number of amides is 1. The molecular weight excluding hydrogens is 566 g/mol. The predicted molar refractivity (Wildman–Crippen MR) is 169 cm³/mol. The molecule has 2 N–H and O–H groups in total. The highest BCUT2D eigenvalue weighted by molar-refractivity contribution is 7.92. The maximum Gasteiger partial charge on any atom is 0.261 e. The van der Waals surface area contributed by atoms with E-state index in [0.717, 1.165) is 43.8 Å². The van der Waals surface area contributed by atoms with Crippen LogP contribution in [0.5, 0.6) is 5.75 Å². The average Bonchev–Trinajstić information content (AvgIpc) is 3.78. The molecule has 1 amide bonds. The van der Waals surface area contributed by atoms with Crippen LogP contribution in [0.1, 0.15) is 68.8 Å². The van der Waals surface area contributed by atoms with Gasteiger partial charge < -0.3 is 24.4 Å². The number of fused-ring (bicyclic) bond motifs is 1. The SMILES string of the molecule is Cc1ccc(S(=O)(=O)Nc2ccc3c(c2)C(=O)N([C@H](C)CO)C[C@H](C)[C@H](CN(C)CC2CC2)OCCCC[C@@H](C)O3)cc1. The first kappa shape index (κ1) is 33.2. The van der Waals surface area contributed by atoms with Crippen LogP contribution in [0.2, 0.25) is 0 Å². The Morgan fingerprint density at radius 1 is 1.07 bits per heavy atom. The molecule has 0 bridgehead atoms. The number of aryl methyl sites for hydroxylation is 1. The summed E-state index contributed by atoms with van der Waals surface area (Å²) < 4.78 is 41.7. The van der Waals surface area contributed by atoms with Gasteiger partial charge in [0.1, 0.15) is 5.75 Å². The molecule has 1 aliphatic heterocycles. The molecule has 0 saturated heterocycles. The average molecular weight is 616 g/mol. The standard InChI is InChI=1S/C33H49N3O6S/c1-23-9-14-29(15-10-23)43(39,40)34-28-13-16-31-30(18-28)33(38)36(25(3)22-37)19-24(2)32(21-35(5)20-27-11-12-27)41-17-7-6-8-26(4)42-31/h9-10,13-16,18,24-27,32,34,37H,6-8,11-12,17,19-22H2,1-5H3/t24-,25+,26+,32-/m0/s1. The van der Waals surface area contributed by atoms with Crippen molar-refractivity contribution in [1.29, 1.82) is 0 Å². The van der Waals surface area contributed by atoms with Crippen LogP contribution >= 0.6 is 0 Å². The van der Waals surface area contributed by atoms with Gasteiger partial charge in [0, 0.05) is 37.8 Å². The lowest BCUT2D eigenvalue weighted by Crippen LogP contribution is -2.47. The summed E-state index contributed by atoms with van der Waals surface area (Å²) in [6.07, 6.45) is 4.95. The molecule has 1 aliphatic carbocycles. The van der Waals surface area contributed by atoms with Crippen molar-refractivity contribution in [3.63, 3.8) is 0 Å². The highest BCUT2D eigenvalue weighted by atomic mass is 32.2. The highest BCUT2D eigenvalue weighted by Gasteiger charge is 2.31. The number of likely N-dealkylation sites (N-methyl/N-ethyl adjacent to an activating group) is 1. The highest BCUT2D eigenvalue weighted by Crippen LogP contribution is 2.31. The van der Waals surface area contributed by atoms with Gasteiger partial charge in [-0.1, -0.05) is 24.6 Å². The van der Waals surface area contributed by atoms with Gasteiger partial charge in [0.05, 0.1) is 35.3 Å². The van der Waals surface area contributed by atoms with Crippen molar-refractivity contribution >= 4 is 21.6 Å². The lowest BCUT2D eigenvalue weighted by molar-refractivity contribution is -0.0172. The van der Waals surface area contributed by atoms with Crippen molar-refractivity contribution < 1.29 is 27.8 Å². The Morgan fingerprint density at radius 3 is 2.47 bits per heavy atom. The molecule has 1 heterocycles. The number of carbonyl (C=O) groups is 1. The van der Waals surface area contributed by atoms with Crippen LogP contribution in [0.15, 0.2) is 47.4 Å². The summed E-state index contributed by atoms with van der Waals surface area (Å²) in [5, 5.41) is 10.2. The Morgan fingerprint density at radius 2 is 1.79 bits per heavy atom. The van der Waals surface area contributed by atoms with E-state index in [1.165, 1.54) is 12.8 Å². The van der Waals surface area contributed by atoms with Crippen molar-refractivity contribution in [3.05, 3.63) is 53.6 Å². The summed E-state index contributed by atoms with van der Waals surface area (Å²) in [6, 6.07) is 11.0. The van der Waals surface area contributed by atoms with E-state index in [9.17, 15) is 18.3 Å². The zero-order valence-corrected chi connectivity index (χ0v) is 27.1. The zero-order chi connectivity index (χ0) is 31.1. The summed E-state index contributed by atoms with van der Waals surface area (Å²) in [5.74, 6) is 0.831. The molecule has 10 heteroatoms. The van der Waals surface area contributed by atoms with Crippen LogP contribution in [-0.4, -0.2) is 87.4 Å². The van der Waals surface area contributed by atoms with Crippen LogP contribution in [0, 0.1) is 18.8 Å². The Hall–Kier alpha value is -2.66. The largest absolute Gasteiger partial charge is 0.490 e. The first-order valence-electron chi connectivity index (χ1n) is 15.6. The van der Waals surface area contributed by atoms with Gasteiger partial charge >= 0.3 is 0 Å². The van der Waals surface area contributed by atoms with E-state index in [0.29, 0.717) is 18.9 Å². The van der Waals surface area contributed by atoms with Gasteiger partial charge in [0.2, 0.25) is 0 Å². The quantitative estimate of drug-likeness (QED) is 0.412. The van der Waals surface area contributed by atoms with Crippen molar-refractivity contribution in [2.45, 2.75) is 82.9 Å². The Labute approximate surface area is 257 Å². The molecule has 238 valence electrons. The molecule has 2 aromatic rings. The van der Waals surface area contributed by atoms with Gasteiger partial charge in [0.25, 0.3) is 15.9 Å². The first-order chi connectivity index (χ1) is 20.5. The summed E-state index contributed by atoms with van der Waals surface area (Å²) in [7, 11) is -1.74. The maximum atomic E-state index is 14.3. The van der Waals surface area contributed by atoms with Gasteiger partial charge in [-0.3, -0.25) is 9.52 Å². The summed E-state index contributed by atoms with van der Waals surface area (Å²) in [4.78, 5) is 18.4. The number of nitrogens with zero attached hydrogens (tertiary/aromatic N) is 2. The number of nitrogens with one attached hydrogen (secondary N) is 1. The number of ether oxygens (including phenoxy) is 2. The molecule has 1 saturated carbocycles. The van der Waals surface area contributed by atoms with E-state index in [-0.39, 0.29) is 46.8 Å². The third-order valence-corrected chi connectivity index (χ3v) is 9.79. The number of carbonyl (C=O) groups excluding carboxylic acids is 1. The minimum absolute atomic E-state index is 0.00550. The number of hydrogen-bond acceptors (Lipinski definition) is 7. The number of sulfonamides is 1. The second-order valence-corrected chi connectivity index (χ2v) is 14.3. The van der Waals surface area contributed by atoms with Crippen molar-refractivity contribution in [2.24, 2.45) is 11.8 Å². The molecule has 4 atom stereocenters. The third kappa shape index (κ3) is 9.41. The molecule has 0 radical (unpaired) electrons. The molecule has 2 aliphatic rings. The number of aliphatic hydroxyl groups is 1. The van der Waals surface area contributed by atoms with Crippen molar-refractivity contribution in [2.75, 3.05) is 44.6 Å². The lowest BCUT2D eigenvalue weighted by Gasteiger charge is -2.36. The fourth-order valence-corrected chi connectivity index (χ4v) is 6.55. The maximum absolute atomic E-state index is 14.3. The second kappa shape index (κ2) is 14.9. The van der Waals surface area contributed by atoms with Crippen LogP contribution < -0.4 is 9.46 Å². The van der Waals surface area contributed by atoms with Gasteiger partial charge in [-0.25, -0.2) is 8.42 Å². The van der Waals surface area contributed by atoms with E-state index in [2.05, 4.69) is 23.6 Å². The molecular formula is C33H49N3O6S. The minimum Gasteiger partial charge on any atom is -0.490 e. The van der Waals surface area contributed by atoms with E-state index in [1.54, 1.807) is 47.4 Å². The molecule has 43 heavy (non-hydrogen) atoms. The fraction of sp³-hybridized carbons (Fsp3) is 0.606. The summed E-state index contributed by atoms with van der Waals surface area (Å²) in [5.41, 5.74) is 1.47. The van der Waals surface area contributed by atoms with E-state index >= 15 is 0 Å². The second-order valence-electron chi connectivity index (χ2n) is 12.6. The lowest BCUT2D eigenvalue weighted by atomic mass is 10.0. The predicted octanol–water partition coefficient (Wildman–Crippen LogP) is 4.93. The van der Waals surface area contributed by atoms with E-state index in [1.807, 2.05) is 20.8 Å². The van der Waals surface area contributed by atoms with Crippen molar-refractivity contribution in [3.8, 4) is 5.75 Å². The number of anilines is 1. The number of rotatable bonds is 9. The van der Waals surface area contributed by atoms with Crippen LogP contribution in [0.4, 0.5) is 5.69 Å². The number of aliphatic hydroxyl groups excluding tert-OH is 1. The molecule has 0 aromatic heterocycles. The van der Waals surface area contributed by atoms with Gasteiger partial charge in [0.15, 0.2) is 0 Å². The topological polar surface area (TPSA) is 108 Å². The third-order valence-electron chi connectivity index (χ3n) is 8.39. The number of benzene rings is 2. The molecule has 0 unspecified atom stereocenters. The Kier molecular flexibility index (Phi) is 11.5. The number of hydrogen-bond donors (Lipinski definition) is 2. The molecule has 9 nitrogen and oxygen atoms in total. The van der Waals surface area contributed by atoms with Gasteiger partial charge in [-0.2, -0.15) is 0 Å². The monoisotopic (exact) mass is 615 g/mol.